The summed E-state index contributed by atoms with van der Waals surface area (Å²) < 4.78 is 11.0. The lowest BCUT2D eigenvalue weighted by Crippen LogP contribution is -2.41. The number of rotatable bonds is 7. The van der Waals surface area contributed by atoms with E-state index in [-0.39, 0.29) is 11.9 Å². The average molecular weight is 367 g/mol. The van der Waals surface area contributed by atoms with Crippen LogP contribution >= 0.6 is 0 Å². The first-order chi connectivity index (χ1) is 13.2. The van der Waals surface area contributed by atoms with E-state index in [1.807, 2.05) is 43.3 Å². The minimum absolute atomic E-state index is 0.179. The van der Waals surface area contributed by atoms with Crippen LogP contribution in [0.25, 0.3) is 0 Å². The molecule has 0 radical (unpaired) electrons. The van der Waals surface area contributed by atoms with Crippen LogP contribution < -0.4 is 4.74 Å². The molecule has 0 bridgehead atoms. The molecule has 1 amide bonds. The van der Waals surface area contributed by atoms with Gasteiger partial charge in [-0.25, -0.2) is 4.79 Å². The van der Waals surface area contributed by atoms with E-state index in [0.717, 1.165) is 12.0 Å². The van der Waals surface area contributed by atoms with E-state index < -0.39 is 6.04 Å². The van der Waals surface area contributed by atoms with Crippen LogP contribution in [-0.4, -0.2) is 42.6 Å². The monoisotopic (exact) mass is 367 g/mol. The summed E-state index contributed by atoms with van der Waals surface area (Å²) in [6.07, 6.45) is 2.09. The van der Waals surface area contributed by atoms with E-state index >= 15 is 0 Å². The maximum absolute atomic E-state index is 13.0. The lowest BCUT2D eigenvalue weighted by Gasteiger charge is -2.24. The van der Waals surface area contributed by atoms with Gasteiger partial charge in [0.25, 0.3) is 5.91 Å². The number of likely N-dealkylation sites (tertiary alicyclic amines) is 1. The van der Waals surface area contributed by atoms with E-state index in [1.54, 1.807) is 23.1 Å². The van der Waals surface area contributed by atoms with Crippen molar-refractivity contribution >= 4 is 11.9 Å². The largest absolute Gasteiger partial charge is 0.493 e. The maximum Gasteiger partial charge on any atom is 0.328 e. The highest BCUT2D eigenvalue weighted by Crippen LogP contribution is 2.26. The summed E-state index contributed by atoms with van der Waals surface area (Å²) in [4.78, 5) is 27.1. The van der Waals surface area contributed by atoms with Crippen molar-refractivity contribution in [1.29, 1.82) is 0 Å². The van der Waals surface area contributed by atoms with Crippen molar-refractivity contribution in [3.8, 4) is 5.75 Å². The van der Waals surface area contributed by atoms with Crippen LogP contribution in [0.15, 0.2) is 54.6 Å². The third-order valence-electron chi connectivity index (χ3n) is 4.68. The number of amides is 1. The second kappa shape index (κ2) is 9.21. The number of nitrogens with zero attached hydrogens (tertiary/aromatic N) is 1. The van der Waals surface area contributed by atoms with Gasteiger partial charge in [-0.05, 0) is 37.5 Å². The number of ether oxygens (including phenoxy) is 2. The van der Waals surface area contributed by atoms with Crippen LogP contribution in [0.2, 0.25) is 0 Å². The van der Waals surface area contributed by atoms with Crippen molar-refractivity contribution in [2.75, 3.05) is 19.8 Å². The van der Waals surface area contributed by atoms with Crippen LogP contribution in [0, 0.1) is 0 Å². The summed E-state index contributed by atoms with van der Waals surface area (Å²) in [6.45, 7) is 3.23. The van der Waals surface area contributed by atoms with Crippen molar-refractivity contribution in [3.63, 3.8) is 0 Å². The predicted molar refractivity (Wildman–Crippen MR) is 103 cm³/mol. The second-order valence-corrected chi connectivity index (χ2v) is 6.49. The third-order valence-corrected chi connectivity index (χ3v) is 4.68. The average Bonchev–Trinajstić information content (AvgIpc) is 3.19. The van der Waals surface area contributed by atoms with E-state index in [0.29, 0.717) is 43.9 Å². The molecule has 0 aromatic heterocycles. The van der Waals surface area contributed by atoms with Crippen LogP contribution in [0.1, 0.15) is 35.7 Å². The van der Waals surface area contributed by atoms with Gasteiger partial charge in [0.05, 0.1) is 18.8 Å². The molecule has 1 heterocycles. The normalized spacial score (nSPS) is 16.2. The molecular weight excluding hydrogens is 342 g/mol. The fourth-order valence-corrected chi connectivity index (χ4v) is 3.34. The van der Waals surface area contributed by atoms with E-state index in [1.165, 1.54) is 0 Å². The Kier molecular flexibility index (Phi) is 6.47. The van der Waals surface area contributed by atoms with Gasteiger partial charge in [-0.3, -0.25) is 4.79 Å². The number of esters is 1. The fourth-order valence-electron chi connectivity index (χ4n) is 3.34. The Morgan fingerprint density at radius 2 is 1.81 bits per heavy atom. The molecule has 1 saturated heterocycles. The molecule has 142 valence electrons. The van der Waals surface area contributed by atoms with Gasteiger partial charge in [0.2, 0.25) is 0 Å². The molecule has 2 aromatic carbocycles. The second-order valence-electron chi connectivity index (χ2n) is 6.49. The zero-order chi connectivity index (χ0) is 19.1. The minimum Gasteiger partial charge on any atom is -0.493 e. The van der Waals surface area contributed by atoms with Gasteiger partial charge < -0.3 is 14.4 Å². The highest BCUT2D eigenvalue weighted by atomic mass is 16.5. The Balaban J connectivity index is 1.62. The molecule has 0 unspecified atom stereocenters. The van der Waals surface area contributed by atoms with Gasteiger partial charge in [0.1, 0.15) is 11.8 Å². The summed E-state index contributed by atoms with van der Waals surface area (Å²) in [6, 6.07) is 16.5. The summed E-state index contributed by atoms with van der Waals surface area (Å²) in [5.41, 5.74) is 1.61. The van der Waals surface area contributed by atoms with Crippen LogP contribution in [0.3, 0.4) is 0 Å². The first kappa shape index (κ1) is 19.0. The van der Waals surface area contributed by atoms with Gasteiger partial charge in [-0.2, -0.15) is 0 Å². The van der Waals surface area contributed by atoms with Gasteiger partial charge in [-0.15, -0.1) is 0 Å². The Morgan fingerprint density at radius 3 is 2.59 bits per heavy atom. The number of carbonyl (C=O) groups is 2. The van der Waals surface area contributed by atoms with Crippen molar-refractivity contribution in [3.05, 3.63) is 65.7 Å². The highest BCUT2D eigenvalue weighted by molar-refractivity contribution is 5.99. The van der Waals surface area contributed by atoms with E-state index in [2.05, 4.69) is 0 Å². The number of benzene rings is 2. The molecule has 5 nitrogen and oxygen atoms in total. The number of carbonyl (C=O) groups excluding carboxylic acids is 2. The molecular formula is C22H25NO4. The SMILES string of the molecule is CCOc1ccccc1C(=O)N1CCC[C@@H]1C(=O)OCCc1ccccc1. The van der Waals surface area contributed by atoms with Gasteiger partial charge >= 0.3 is 5.97 Å². The van der Waals surface area contributed by atoms with Crippen LogP contribution in [-0.2, 0) is 16.0 Å². The molecule has 0 N–H and O–H groups in total. The summed E-state index contributed by atoms with van der Waals surface area (Å²) in [7, 11) is 0. The molecule has 3 rings (SSSR count). The number of para-hydroxylation sites is 1. The molecule has 0 aliphatic carbocycles. The lowest BCUT2D eigenvalue weighted by molar-refractivity contribution is -0.148. The molecule has 0 saturated carbocycles. The first-order valence-corrected chi connectivity index (χ1v) is 9.44. The topological polar surface area (TPSA) is 55.8 Å². The quantitative estimate of drug-likeness (QED) is 0.703. The smallest absolute Gasteiger partial charge is 0.328 e. The molecule has 2 aromatic rings. The first-order valence-electron chi connectivity index (χ1n) is 9.44. The Labute approximate surface area is 159 Å². The molecule has 1 aliphatic rings. The summed E-state index contributed by atoms with van der Waals surface area (Å²) in [5.74, 6) is 0.0420. The zero-order valence-corrected chi connectivity index (χ0v) is 15.6. The molecule has 27 heavy (non-hydrogen) atoms. The molecule has 5 heteroatoms. The molecule has 0 spiro atoms. The predicted octanol–water partition coefficient (Wildman–Crippen LogP) is 3.48. The van der Waals surface area contributed by atoms with Crippen molar-refractivity contribution < 1.29 is 19.1 Å². The minimum atomic E-state index is -0.525. The standard InChI is InChI=1S/C22H25NO4/c1-2-26-20-13-7-6-11-18(20)21(24)23-15-8-12-19(23)22(25)27-16-14-17-9-4-3-5-10-17/h3-7,9-11,13,19H,2,8,12,14-16H2,1H3/t19-/m1/s1. The summed E-state index contributed by atoms with van der Waals surface area (Å²) >= 11 is 0. The molecule has 1 atom stereocenters. The van der Waals surface area contributed by atoms with Crippen molar-refractivity contribution in [2.45, 2.75) is 32.2 Å². The number of hydrogen-bond acceptors (Lipinski definition) is 4. The number of hydrogen-bond donors (Lipinski definition) is 0. The Bertz CT molecular complexity index is 775. The zero-order valence-electron chi connectivity index (χ0n) is 15.6. The van der Waals surface area contributed by atoms with Gasteiger partial charge in [0.15, 0.2) is 0 Å². The van der Waals surface area contributed by atoms with E-state index in [4.69, 9.17) is 9.47 Å². The van der Waals surface area contributed by atoms with Crippen LogP contribution in [0.5, 0.6) is 5.75 Å². The molecule has 1 aliphatic heterocycles. The fraction of sp³-hybridized carbons (Fsp3) is 0.364. The maximum atomic E-state index is 13.0. The summed E-state index contributed by atoms with van der Waals surface area (Å²) in [5, 5.41) is 0. The van der Waals surface area contributed by atoms with Crippen molar-refractivity contribution in [2.24, 2.45) is 0 Å². The highest BCUT2D eigenvalue weighted by Gasteiger charge is 2.36. The van der Waals surface area contributed by atoms with Gasteiger partial charge in [0, 0.05) is 13.0 Å². The third kappa shape index (κ3) is 4.67. The Morgan fingerprint density at radius 1 is 1.07 bits per heavy atom. The van der Waals surface area contributed by atoms with Crippen molar-refractivity contribution in [1.82, 2.24) is 4.90 Å². The Hall–Kier alpha value is -2.82. The van der Waals surface area contributed by atoms with Gasteiger partial charge in [-0.1, -0.05) is 42.5 Å². The lowest BCUT2D eigenvalue weighted by atomic mass is 10.1. The van der Waals surface area contributed by atoms with Crippen LogP contribution in [0.4, 0.5) is 0 Å². The molecule has 1 fully saturated rings. The van der Waals surface area contributed by atoms with E-state index in [9.17, 15) is 9.59 Å².